The average molecular weight is 262 g/mol. The molecule has 94 valence electrons. The van der Waals surface area contributed by atoms with Gasteiger partial charge < -0.3 is 10.2 Å². The fraction of sp³-hybridized carbons (Fsp3) is 0.250. The topological polar surface area (TPSA) is 47.9 Å². The van der Waals surface area contributed by atoms with Gasteiger partial charge in [0.25, 0.3) is 5.91 Å². The molecule has 18 heavy (non-hydrogen) atoms. The summed E-state index contributed by atoms with van der Waals surface area (Å²) in [5, 5.41) is 9.03. The molecule has 0 saturated heterocycles. The van der Waals surface area contributed by atoms with Crippen LogP contribution in [0.2, 0.25) is 0 Å². The van der Waals surface area contributed by atoms with Crippen molar-refractivity contribution >= 4 is 34.6 Å². The van der Waals surface area contributed by atoms with Crippen LogP contribution in [0, 0.1) is 0 Å². The van der Waals surface area contributed by atoms with Crippen molar-refractivity contribution in [3.05, 3.63) is 29.8 Å². The second kappa shape index (κ2) is 4.73. The summed E-state index contributed by atoms with van der Waals surface area (Å²) >= 11 is 5.06. The average Bonchev–Trinajstić information content (AvgIpc) is 2.63. The number of hydrogen-bond acceptors (Lipinski definition) is 3. The Morgan fingerprint density at radius 1 is 1.44 bits per heavy atom. The van der Waals surface area contributed by atoms with Crippen LogP contribution in [0.3, 0.4) is 0 Å². The van der Waals surface area contributed by atoms with E-state index in [1.807, 2.05) is 24.3 Å². The van der Waals surface area contributed by atoms with Crippen molar-refractivity contribution < 1.29 is 4.79 Å². The van der Waals surface area contributed by atoms with Crippen LogP contribution >= 0.6 is 12.2 Å². The van der Waals surface area contributed by atoms with Crippen molar-refractivity contribution in [2.24, 2.45) is 5.10 Å². The van der Waals surface area contributed by atoms with Gasteiger partial charge in [0.2, 0.25) is 0 Å². The fourth-order valence-electron chi connectivity index (χ4n) is 1.80. The minimum absolute atomic E-state index is 0.123. The third-order valence-corrected chi connectivity index (χ3v) is 3.25. The highest BCUT2D eigenvalue weighted by Gasteiger charge is 2.31. The normalized spacial score (nSPS) is 15.8. The molecule has 1 aromatic carbocycles. The van der Waals surface area contributed by atoms with Gasteiger partial charge in [0.15, 0.2) is 10.8 Å². The summed E-state index contributed by atoms with van der Waals surface area (Å²) in [6.45, 7) is 0. The van der Waals surface area contributed by atoms with Gasteiger partial charge in [0.05, 0.1) is 5.69 Å². The van der Waals surface area contributed by atoms with E-state index in [2.05, 4.69) is 10.4 Å². The van der Waals surface area contributed by atoms with Crippen LogP contribution in [0.25, 0.3) is 0 Å². The molecule has 1 amide bonds. The van der Waals surface area contributed by atoms with Crippen LogP contribution in [0.15, 0.2) is 29.4 Å². The first-order valence-electron chi connectivity index (χ1n) is 5.47. The summed E-state index contributed by atoms with van der Waals surface area (Å²) < 4.78 is 0. The molecule has 2 rings (SSSR count). The highest BCUT2D eigenvalue weighted by atomic mass is 32.1. The number of fused-ring (bicyclic) bond motifs is 1. The molecule has 0 aromatic heterocycles. The number of carbonyl (C=O) groups is 1. The SMILES string of the molecule is CNC(=S)N(C)N=C1C(=O)N(C)c2ccccc21. The summed E-state index contributed by atoms with van der Waals surface area (Å²) in [4.78, 5) is 13.7. The smallest absolute Gasteiger partial charge is 0.279 e. The number of likely N-dealkylation sites (N-methyl/N-ethyl adjacent to an activating group) is 1. The number of amides is 1. The summed E-state index contributed by atoms with van der Waals surface area (Å²) in [5.74, 6) is -0.123. The van der Waals surface area contributed by atoms with E-state index in [9.17, 15) is 4.79 Å². The molecule has 1 heterocycles. The van der Waals surface area contributed by atoms with Gasteiger partial charge in [-0.1, -0.05) is 18.2 Å². The molecule has 5 nitrogen and oxygen atoms in total. The van der Waals surface area contributed by atoms with Crippen molar-refractivity contribution in [2.75, 3.05) is 26.0 Å². The maximum Gasteiger partial charge on any atom is 0.279 e. The summed E-state index contributed by atoms with van der Waals surface area (Å²) in [5.41, 5.74) is 2.11. The Morgan fingerprint density at radius 3 is 2.78 bits per heavy atom. The van der Waals surface area contributed by atoms with Gasteiger partial charge in [-0.05, 0) is 18.3 Å². The maximum absolute atomic E-state index is 12.1. The molecule has 1 aliphatic rings. The Labute approximate surface area is 111 Å². The summed E-state index contributed by atoms with van der Waals surface area (Å²) in [6, 6.07) is 7.56. The molecule has 1 aliphatic heterocycles. The van der Waals surface area contributed by atoms with E-state index in [0.717, 1.165) is 11.3 Å². The van der Waals surface area contributed by atoms with Crippen molar-refractivity contribution in [1.29, 1.82) is 0 Å². The van der Waals surface area contributed by atoms with Crippen molar-refractivity contribution in [1.82, 2.24) is 10.3 Å². The number of hydrogen-bond donors (Lipinski definition) is 1. The number of nitrogens with zero attached hydrogens (tertiary/aromatic N) is 3. The fourth-order valence-corrected chi connectivity index (χ4v) is 1.84. The molecule has 0 atom stereocenters. The lowest BCUT2D eigenvalue weighted by molar-refractivity contribution is -0.112. The largest absolute Gasteiger partial charge is 0.364 e. The molecule has 0 radical (unpaired) electrons. The Balaban J connectivity index is 2.43. The number of thiocarbonyl (C=S) groups is 1. The molecular formula is C12H14N4OS. The molecule has 1 aromatic rings. The van der Waals surface area contributed by atoms with E-state index in [1.165, 1.54) is 5.01 Å². The van der Waals surface area contributed by atoms with E-state index < -0.39 is 0 Å². The highest BCUT2D eigenvalue weighted by Crippen LogP contribution is 2.27. The zero-order valence-electron chi connectivity index (χ0n) is 10.5. The number of para-hydroxylation sites is 1. The first-order valence-corrected chi connectivity index (χ1v) is 5.88. The van der Waals surface area contributed by atoms with Crippen molar-refractivity contribution in [3.8, 4) is 0 Å². The van der Waals surface area contributed by atoms with Crippen LogP contribution in [-0.4, -0.2) is 42.9 Å². The van der Waals surface area contributed by atoms with Crippen LogP contribution in [0.1, 0.15) is 5.56 Å². The molecular weight excluding hydrogens is 248 g/mol. The number of anilines is 1. The Morgan fingerprint density at radius 2 is 2.11 bits per heavy atom. The van der Waals surface area contributed by atoms with E-state index in [1.54, 1.807) is 26.0 Å². The number of nitrogens with one attached hydrogen (secondary N) is 1. The number of rotatable bonds is 1. The molecule has 0 bridgehead atoms. The Kier molecular flexibility index (Phi) is 3.29. The first kappa shape index (κ1) is 12.5. The second-order valence-electron chi connectivity index (χ2n) is 3.91. The Bertz CT molecular complexity index is 541. The van der Waals surface area contributed by atoms with E-state index in [-0.39, 0.29) is 5.91 Å². The third-order valence-electron chi connectivity index (χ3n) is 2.79. The zero-order valence-corrected chi connectivity index (χ0v) is 11.3. The van der Waals surface area contributed by atoms with E-state index in [0.29, 0.717) is 10.8 Å². The lowest BCUT2D eigenvalue weighted by Gasteiger charge is -2.14. The molecule has 0 unspecified atom stereocenters. The van der Waals surface area contributed by atoms with Crippen molar-refractivity contribution in [2.45, 2.75) is 0 Å². The predicted octanol–water partition coefficient (Wildman–Crippen LogP) is 0.803. The highest BCUT2D eigenvalue weighted by molar-refractivity contribution is 7.80. The number of hydrazone groups is 1. The second-order valence-corrected chi connectivity index (χ2v) is 4.30. The third kappa shape index (κ3) is 1.95. The van der Waals surface area contributed by atoms with E-state index >= 15 is 0 Å². The standard InChI is InChI=1S/C12H14N4OS/c1-13-12(18)16(3)14-10-8-6-4-5-7-9(8)15(2)11(10)17/h4-7H,1-3H3,(H,13,18). The molecule has 0 spiro atoms. The summed E-state index contributed by atoms with van der Waals surface area (Å²) in [7, 11) is 5.16. The van der Waals surface area contributed by atoms with Crippen LogP contribution in [0.5, 0.6) is 0 Å². The first-order chi connectivity index (χ1) is 8.56. The zero-order chi connectivity index (χ0) is 13.3. The van der Waals surface area contributed by atoms with Crippen molar-refractivity contribution in [3.63, 3.8) is 0 Å². The van der Waals surface area contributed by atoms with Crippen LogP contribution in [-0.2, 0) is 4.79 Å². The minimum Gasteiger partial charge on any atom is -0.364 e. The van der Waals surface area contributed by atoms with E-state index in [4.69, 9.17) is 12.2 Å². The van der Waals surface area contributed by atoms with Gasteiger partial charge in [-0.15, -0.1) is 0 Å². The lowest BCUT2D eigenvalue weighted by Crippen LogP contribution is -2.33. The van der Waals surface area contributed by atoms with Gasteiger partial charge in [-0.3, -0.25) is 4.79 Å². The number of carbonyl (C=O) groups excluding carboxylic acids is 1. The molecule has 6 heteroatoms. The number of benzene rings is 1. The van der Waals surface area contributed by atoms with Gasteiger partial charge >= 0.3 is 0 Å². The lowest BCUT2D eigenvalue weighted by atomic mass is 10.1. The molecule has 0 saturated carbocycles. The molecule has 1 N–H and O–H groups in total. The van der Waals surface area contributed by atoms with Gasteiger partial charge in [0, 0.05) is 26.7 Å². The minimum atomic E-state index is -0.123. The predicted molar refractivity (Wildman–Crippen MR) is 75.8 cm³/mol. The quantitative estimate of drug-likeness (QED) is 0.601. The van der Waals surface area contributed by atoms with Crippen LogP contribution in [0.4, 0.5) is 5.69 Å². The Hall–Kier alpha value is -1.95. The molecule has 0 fully saturated rings. The monoisotopic (exact) mass is 262 g/mol. The van der Waals surface area contributed by atoms with Gasteiger partial charge in [0.1, 0.15) is 0 Å². The van der Waals surface area contributed by atoms with Gasteiger partial charge in [-0.2, -0.15) is 5.10 Å². The maximum atomic E-state index is 12.1. The molecule has 0 aliphatic carbocycles. The summed E-state index contributed by atoms with van der Waals surface area (Å²) in [6.07, 6.45) is 0. The van der Waals surface area contributed by atoms with Gasteiger partial charge in [-0.25, -0.2) is 5.01 Å². The van der Waals surface area contributed by atoms with Crippen LogP contribution < -0.4 is 10.2 Å².